The standard InChI is InChI=1S/C11H14BrNOS/c1-8-3-5-15-10(8)11(14)13-4-2-9(6-12)7-13/h3,5,9H,2,4,6-7H2,1H3. The lowest BCUT2D eigenvalue weighted by molar-refractivity contribution is 0.0792. The normalized spacial score (nSPS) is 20.9. The van der Waals surface area contributed by atoms with Crippen LogP contribution < -0.4 is 0 Å². The van der Waals surface area contributed by atoms with Crippen molar-refractivity contribution in [2.24, 2.45) is 5.92 Å². The van der Waals surface area contributed by atoms with E-state index >= 15 is 0 Å². The van der Waals surface area contributed by atoms with E-state index in [2.05, 4.69) is 15.9 Å². The van der Waals surface area contributed by atoms with Gasteiger partial charge in [-0.05, 0) is 36.3 Å². The summed E-state index contributed by atoms with van der Waals surface area (Å²) < 4.78 is 0. The highest BCUT2D eigenvalue weighted by Crippen LogP contribution is 2.23. The quantitative estimate of drug-likeness (QED) is 0.766. The largest absolute Gasteiger partial charge is 0.338 e. The van der Waals surface area contributed by atoms with Crippen molar-refractivity contribution in [2.75, 3.05) is 18.4 Å². The minimum Gasteiger partial charge on any atom is -0.338 e. The van der Waals surface area contributed by atoms with E-state index in [1.54, 1.807) is 11.3 Å². The van der Waals surface area contributed by atoms with Crippen molar-refractivity contribution in [1.82, 2.24) is 4.90 Å². The third kappa shape index (κ3) is 2.26. The summed E-state index contributed by atoms with van der Waals surface area (Å²) in [5.41, 5.74) is 1.10. The fourth-order valence-electron chi connectivity index (χ4n) is 1.88. The lowest BCUT2D eigenvalue weighted by Crippen LogP contribution is -2.28. The van der Waals surface area contributed by atoms with E-state index in [-0.39, 0.29) is 5.91 Å². The lowest BCUT2D eigenvalue weighted by Gasteiger charge is -2.15. The minimum absolute atomic E-state index is 0.214. The molecule has 2 rings (SSSR count). The molecule has 0 radical (unpaired) electrons. The third-order valence-electron chi connectivity index (χ3n) is 2.85. The van der Waals surface area contributed by atoms with Crippen LogP contribution in [0.1, 0.15) is 21.7 Å². The molecular weight excluding hydrogens is 274 g/mol. The number of amides is 1. The smallest absolute Gasteiger partial charge is 0.264 e. The Bertz CT molecular complexity index is 363. The first-order valence-electron chi connectivity index (χ1n) is 5.11. The number of thiophene rings is 1. The Morgan fingerprint density at radius 1 is 1.73 bits per heavy atom. The number of carbonyl (C=O) groups is 1. The van der Waals surface area contributed by atoms with Crippen LogP contribution in [-0.2, 0) is 0 Å². The molecule has 1 aliphatic heterocycles. The number of hydrogen-bond donors (Lipinski definition) is 0. The second-order valence-corrected chi connectivity index (χ2v) is 5.56. The van der Waals surface area contributed by atoms with E-state index in [0.717, 1.165) is 35.3 Å². The molecule has 0 spiro atoms. The fourth-order valence-corrected chi connectivity index (χ4v) is 3.30. The van der Waals surface area contributed by atoms with Gasteiger partial charge in [0.15, 0.2) is 0 Å². The van der Waals surface area contributed by atoms with Gasteiger partial charge in [0.1, 0.15) is 0 Å². The first kappa shape index (κ1) is 11.1. The van der Waals surface area contributed by atoms with Crippen molar-refractivity contribution in [3.63, 3.8) is 0 Å². The van der Waals surface area contributed by atoms with Gasteiger partial charge in [-0.2, -0.15) is 0 Å². The highest BCUT2D eigenvalue weighted by atomic mass is 79.9. The summed E-state index contributed by atoms with van der Waals surface area (Å²) in [7, 11) is 0. The number of carbonyl (C=O) groups excluding carboxylic acids is 1. The van der Waals surface area contributed by atoms with Gasteiger partial charge in [-0.25, -0.2) is 0 Å². The van der Waals surface area contributed by atoms with E-state index in [4.69, 9.17) is 0 Å². The van der Waals surface area contributed by atoms with Gasteiger partial charge in [0.25, 0.3) is 5.91 Å². The Morgan fingerprint density at radius 2 is 2.53 bits per heavy atom. The molecule has 1 aliphatic rings. The molecule has 0 saturated carbocycles. The lowest BCUT2D eigenvalue weighted by atomic mass is 10.2. The van der Waals surface area contributed by atoms with Crippen LogP contribution in [0.3, 0.4) is 0 Å². The van der Waals surface area contributed by atoms with E-state index in [1.165, 1.54) is 0 Å². The zero-order chi connectivity index (χ0) is 10.8. The molecule has 1 atom stereocenters. The maximum absolute atomic E-state index is 12.1. The van der Waals surface area contributed by atoms with Crippen molar-refractivity contribution in [2.45, 2.75) is 13.3 Å². The van der Waals surface area contributed by atoms with Gasteiger partial charge in [0.05, 0.1) is 4.88 Å². The van der Waals surface area contributed by atoms with E-state index < -0.39 is 0 Å². The number of alkyl halides is 1. The Hall–Kier alpha value is -0.350. The second kappa shape index (κ2) is 4.66. The Morgan fingerprint density at radius 3 is 3.07 bits per heavy atom. The number of hydrogen-bond acceptors (Lipinski definition) is 2. The predicted molar refractivity (Wildman–Crippen MR) is 66.9 cm³/mol. The summed E-state index contributed by atoms with van der Waals surface area (Å²) in [6, 6.07) is 2.01. The summed E-state index contributed by atoms with van der Waals surface area (Å²) in [6.07, 6.45) is 1.13. The Labute approximate surface area is 102 Å². The van der Waals surface area contributed by atoms with Gasteiger partial charge < -0.3 is 4.90 Å². The zero-order valence-electron chi connectivity index (χ0n) is 8.70. The minimum atomic E-state index is 0.214. The van der Waals surface area contributed by atoms with E-state index in [0.29, 0.717) is 5.92 Å². The predicted octanol–water partition coefficient (Wildman–Crippen LogP) is 2.91. The Balaban J connectivity index is 2.07. The topological polar surface area (TPSA) is 20.3 Å². The molecule has 0 aromatic carbocycles. The number of nitrogens with zero attached hydrogens (tertiary/aromatic N) is 1. The maximum atomic E-state index is 12.1. The molecule has 1 aromatic rings. The molecule has 1 saturated heterocycles. The molecule has 1 fully saturated rings. The van der Waals surface area contributed by atoms with Gasteiger partial charge in [0.2, 0.25) is 0 Å². The highest BCUT2D eigenvalue weighted by molar-refractivity contribution is 9.09. The molecule has 0 bridgehead atoms. The van der Waals surface area contributed by atoms with Crippen molar-refractivity contribution >= 4 is 33.2 Å². The summed E-state index contributed by atoms with van der Waals surface area (Å²) in [4.78, 5) is 15.0. The van der Waals surface area contributed by atoms with Crippen molar-refractivity contribution < 1.29 is 4.79 Å². The van der Waals surface area contributed by atoms with Gasteiger partial charge in [-0.15, -0.1) is 11.3 Å². The molecular formula is C11H14BrNOS. The first-order chi connectivity index (χ1) is 7.22. The number of aryl methyl sites for hydroxylation is 1. The zero-order valence-corrected chi connectivity index (χ0v) is 11.1. The molecule has 0 aliphatic carbocycles. The molecule has 1 amide bonds. The summed E-state index contributed by atoms with van der Waals surface area (Å²) in [5, 5.41) is 2.99. The fraction of sp³-hybridized carbons (Fsp3) is 0.545. The second-order valence-electron chi connectivity index (χ2n) is 3.99. The van der Waals surface area contributed by atoms with E-state index in [1.807, 2.05) is 23.3 Å². The van der Waals surface area contributed by atoms with Crippen LogP contribution in [0, 0.1) is 12.8 Å². The third-order valence-corrected chi connectivity index (χ3v) is 4.77. The van der Waals surface area contributed by atoms with Crippen LogP contribution in [0.2, 0.25) is 0 Å². The average Bonchev–Trinajstić information content (AvgIpc) is 2.84. The van der Waals surface area contributed by atoms with Crippen LogP contribution in [0.15, 0.2) is 11.4 Å². The summed E-state index contributed by atoms with van der Waals surface area (Å²) >= 11 is 5.03. The van der Waals surface area contributed by atoms with Crippen LogP contribution in [-0.4, -0.2) is 29.2 Å². The van der Waals surface area contributed by atoms with Crippen molar-refractivity contribution in [3.05, 3.63) is 21.9 Å². The van der Waals surface area contributed by atoms with Crippen molar-refractivity contribution in [1.29, 1.82) is 0 Å². The molecule has 0 N–H and O–H groups in total. The molecule has 1 unspecified atom stereocenters. The van der Waals surface area contributed by atoms with Gasteiger partial charge in [-0.1, -0.05) is 15.9 Å². The summed E-state index contributed by atoms with van der Waals surface area (Å²) in [5.74, 6) is 0.847. The molecule has 82 valence electrons. The first-order valence-corrected chi connectivity index (χ1v) is 7.12. The number of halogens is 1. The molecule has 2 nitrogen and oxygen atoms in total. The molecule has 4 heteroatoms. The monoisotopic (exact) mass is 287 g/mol. The molecule has 1 aromatic heterocycles. The van der Waals surface area contributed by atoms with Gasteiger partial charge >= 0.3 is 0 Å². The average molecular weight is 288 g/mol. The van der Waals surface area contributed by atoms with Crippen molar-refractivity contribution in [3.8, 4) is 0 Å². The SMILES string of the molecule is Cc1ccsc1C(=O)N1CCC(CBr)C1. The van der Waals surface area contributed by atoms with Gasteiger partial charge in [0, 0.05) is 18.4 Å². The van der Waals surface area contributed by atoms with Gasteiger partial charge in [-0.3, -0.25) is 4.79 Å². The summed E-state index contributed by atoms with van der Waals surface area (Å²) in [6.45, 7) is 3.82. The highest BCUT2D eigenvalue weighted by Gasteiger charge is 2.27. The van der Waals surface area contributed by atoms with Crippen LogP contribution in [0.5, 0.6) is 0 Å². The number of rotatable bonds is 2. The molecule has 2 heterocycles. The van der Waals surface area contributed by atoms with Crippen LogP contribution >= 0.6 is 27.3 Å². The molecule has 15 heavy (non-hydrogen) atoms. The van der Waals surface area contributed by atoms with Crippen LogP contribution in [0.25, 0.3) is 0 Å². The maximum Gasteiger partial charge on any atom is 0.264 e. The number of likely N-dealkylation sites (tertiary alicyclic amines) is 1. The van der Waals surface area contributed by atoms with E-state index in [9.17, 15) is 4.79 Å². The Kier molecular flexibility index (Phi) is 3.46. The van der Waals surface area contributed by atoms with Crippen LogP contribution in [0.4, 0.5) is 0 Å².